The number of likely N-dealkylation sites (tertiary alicyclic amines) is 1. The summed E-state index contributed by atoms with van der Waals surface area (Å²) in [6.07, 6.45) is 2.44. The van der Waals surface area contributed by atoms with Crippen LogP contribution in [0, 0.1) is 5.92 Å². The molecule has 4 nitrogen and oxygen atoms in total. The highest BCUT2D eigenvalue weighted by Crippen LogP contribution is 2.23. The number of ether oxygens (including phenoxy) is 1. The Labute approximate surface area is 103 Å². The summed E-state index contributed by atoms with van der Waals surface area (Å²) in [5.74, 6) is 0.493. The van der Waals surface area contributed by atoms with Crippen molar-refractivity contribution >= 4 is 11.9 Å². The third-order valence-electron chi connectivity index (χ3n) is 2.64. The molecule has 0 aromatic carbocycles. The Bertz CT molecular complexity index is 311. The summed E-state index contributed by atoms with van der Waals surface area (Å²) in [4.78, 5) is 24.3. The Morgan fingerprint density at radius 2 is 2.00 bits per heavy atom. The molecule has 1 heterocycles. The van der Waals surface area contributed by atoms with Gasteiger partial charge < -0.3 is 9.64 Å². The van der Waals surface area contributed by atoms with Gasteiger partial charge in [0.25, 0.3) is 0 Å². The van der Waals surface area contributed by atoms with Crippen LogP contribution in [0.5, 0.6) is 0 Å². The van der Waals surface area contributed by atoms with Crippen molar-refractivity contribution in [2.45, 2.75) is 39.2 Å². The van der Waals surface area contributed by atoms with Crippen molar-refractivity contribution in [1.82, 2.24) is 4.90 Å². The van der Waals surface area contributed by atoms with Crippen LogP contribution < -0.4 is 0 Å². The van der Waals surface area contributed by atoms with Crippen LogP contribution in [-0.2, 0) is 9.53 Å². The minimum atomic E-state index is -0.443. The van der Waals surface area contributed by atoms with Crippen LogP contribution in [0.1, 0.15) is 33.6 Å². The van der Waals surface area contributed by atoms with Crippen molar-refractivity contribution in [3.8, 4) is 0 Å². The topological polar surface area (TPSA) is 46.6 Å². The van der Waals surface area contributed by atoms with Crippen molar-refractivity contribution in [2.24, 2.45) is 5.92 Å². The Kier molecular flexibility index (Phi) is 4.32. The van der Waals surface area contributed by atoms with Gasteiger partial charge in [-0.05, 0) is 39.2 Å². The molecule has 0 spiro atoms. The first-order valence-corrected chi connectivity index (χ1v) is 5.95. The standard InChI is InChI=1S/C13H21NO3/c1-5-11(15)7-6-10-8-14(9-10)12(16)17-13(2,3)4/h5,10H,1,6-9H2,2-4H3. The summed E-state index contributed by atoms with van der Waals surface area (Å²) in [6, 6.07) is 0. The van der Waals surface area contributed by atoms with Crippen LogP contribution in [0.2, 0.25) is 0 Å². The molecule has 0 saturated carbocycles. The van der Waals surface area contributed by atoms with Crippen LogP contribution in [0.15, 0.2) is 12.7 Å². The van der Waals surface area contributed by atoms with E-state index in [0.29, 0.717) is 25.4 Å². The highest BCUT2D eigenvalue weighted by atomic mass is 16.6. The van der Waals surface area contributed by atoms with Crippen LogP contribution in [0.25, 0.3) is 0 Å². The van der Waals surface area contributed by atoms with Crippen molar-refractivity contribution in [3.05, 3.63) is 12.7 Å². The van der Waals surface area contributed by atoms with Gasteiger partial charge in [0.1, 0.15) is 5.60 Å². The highest BCUT2D eigenvalue weighted by Gasteiger charge is 2.33. The predicted octanol–water partition coefficient (Wildman–Crippen LogP) is 2.39. The maximum Gasteiger partial charge on any atom is 0.410 e. The van der Waals surface area contributed by atoms with Gasteiger partial charge in [-0.15, -0.1) is 0 Å². The average Bonchev–Trinajstić information content (AvgIpc) is 2.11. The van der Waals surface area contributed by atoms with E-state index in [4.69, 9.17) is 4.74 Å². The zero-order valence-corrected chi connectivity index (χ0v) is 10.9. The molecule has 17 heavy (non-hydrogen) atoms. The first kappa shape index (κ1) is 13.7. The quantitative estimate of drug-likeness (QED) is 0.708. The highest BCUT2D eigenvalue weighted by molar-refractivity contribution is 5.88. The Morgan fingerprint density at radius 1 is 1.41 bits per heavy atom. The summed E-state index contributed by atoms with van der Waals surface area (Å²) in [7, 11) is 0. The Balaban J connectivity index is 2.21. The predicted molar refractivity (Wildman–Crippen MR) is 65.7 cm³/mol. The fourth-order valence-corrected chi connectivity index (χ4v) is 1.68. The van der Waals surface area contributed by atoms with Crippen molar-refractivity contribution in [1.29, 1.82) is 0 Å². The smallest absolute Gasteiger partial charge is 0.410 e. The number of hydrogen-bond donors (Lipinski definition) is 0. The van der Waals surface area contributed by atoms with Crippen LogP contribution in [-0.4, -0.2) is 35.5 Å². The van der Waals surface area contributed by atoms with Gasteiger partial charge in [-0.2, -0.15) is 0 Å². The molecule has 0 radical (unpaired) electrons. The van der Waals surface area contributed by atoms with E-state index in [9.17, 15) is 9.59 Å². The zero-order valence-electron chi connectivity index (χ0n) is 10.9. The molecule has 1 aliphatic rings. The third-order valence-corrected chi connectivity index (χ3v) is 2.64. The van der Waals surface area contributed by atoms with Crippen molar-refractivity contribution < 1.29 is 14.3 Å². The lowest BCUT2D eigenvalue weighted by molar-refractivity contribution is -0.115. The molecule has 0 atom stereocenters. The maximum absolute atomic E-state index is 11.6. The Morgan fingerprint density at radius 3 is 2.47 bits per heavy atom. The fourth-order valence-electron chi connectivity index (χ4n) is 1.68. The van der Waals surface area contributed by atoms with Gasteiger partial charge in [-0.1, -0.05) is 6.58 Å². The fraction of sp³-hybridized carbons (Fsp3) is 0.692. The molecule has 4 heteroatoms. The van der Waals surface area contributed by atoms with Gasteiger partial charge in [0.05, 0.1) is 0 Å². The number of amides is 1. The van der Waals surface area contributed by atoms with Crippen LogP contribution in [0.3, 0.4) is 0 Å². The zero-order chi connectivity index (χ0) is 13.1. The molecule has 1 saturated heterocycles. The minimum Gasteiger partial charge on any atom is -0.444 e. The molecule has 96 valence electrons. The van der Waals surface area contributed by atoms with E-state index >= 15 is 0 Å². The monoisotopic (exact) mass is 239 g/mol. The number of allylic oxidation sites excluding steroid dienone is 1. The van der Waals surface area contributed by atoms with Gasteiger partial charge in [0, 0.05) is 19.5 Å². The maximum atomic E-state index is 11.6. The largest absolute Gasteiger partial charge is 0.444 e. The minimum absolute atomic E-state index is 0.0701. The first-order valence-electron chi connectivity index (χ1n) is 5.95. The van der Waals surface area contributed by atoms with E-state index in [-0.39, 0.29) is 11.9 Å². The van der Waals surface area contributed by atoms with Gasteiger partial charge >= 0.3 is 6.09 Å². The van der Waals surface area contributed by atoms with E-state index in [1.807, 2.05) is 20.8 Å². The second kappa shape index (κ2) is 5.34. The van der Waals surface area contributed by atoms with Gasteiger partial charge in [0.15, 0.2) is 5.78 Å². The molecule has 1 aliphatic heterocycles. The molecule has 1 fully saturated rings. The lowest BCUT2D eigenvalue weighted by Gasteiger charge is -2.39. The van der Waals surface area contributed by atoms with E-state index in [2.05, 4.69) is 6.58 Å². The second-order valence-electron chi connectivity index (χ2n) is 5.46. The molecule has 0 unspecified atom stereocenters. The molecule has 0 aromatic rings. The van der Waals surface area contributed by atoms with E-state index in [1.165, 1.54) is 6.08 Å². The Hall–Kier alpha value is -1.32. The van der Waals surface area contributed by atoms with E-state index in [0.717, 1.165) is 6.42 Å². The molecule has 0 N–H and O–H groups in total. The first-order chi connectivity index (χ1) is 7.81. The number of hydrogen-bond acceptors (Lipinski definition) is 3. The number of carbonyl (C=O) groups is 2. The summed E-state index contributed by atoms with van der Waals surface area (Å²) in [6.45, 7) is 10.4. The SMILES string of the molecule is C=CC(=O)CCC1CN(C(=O)OC(C)(C)C)C1. The molecule has 0 aliphatic carbocycles. The van der Waals surface area contributed by atoms with Crippen molar-refractivity contribution in [3.63, 3.8) is 0 Å². The van der Waals surface area contributed by atoms with Crippen LogP contribution >= 0.6 is 0 Å². The number of ketones is 1. The van der Waals surface area contributed by atoms with Crippen LogP contribution in [0.4, 0.5) is 4.79 Å². The summed E-state index contributed by atoms with van der Waals surface area (Å²) < 4.78 is 5.24. The lowest BCUT2D eigenvalue weighted by atomic mass is 9.94. The summed E-state index contributed by atoms with van der Waals surface area (Å²) in [5, 5.41) is 0. The number of carbonyl (C=O) groups excluding carboxylic acids is 2. The lowest BCUT2D eigenvalue weighted by Crippen LogP contribution is -2.51. The average molecular weight is 239 g/mol. The molecule has 1 rings (SSSR count). The molecule has 0 aromatic heterocycles. The molecular formula is C13H21NO3. The van der Waals surface area contributed by atoms with E-state index in [1.54, 1.807) is 4.90 Å². The second-order valence-corrected chi connectivity index (χ2v) is 5.46. The van der Waals surface area contributed by atoms with E-state index < -0.39 is 5.60 Å². The summed E-state index contributed by atoms with van der Waals surface area (Å²) in [5.41, 5.74) is -0.443. The van der Waals surface area contributed by atoms with Crippen molar-refractivity contribution in [2.75, 3.05) is 13.1 Å². The molecular weight excluding hydrogens is 218 g/mol. The van der Waals surface area contributed by atoms with Gasteiger partial charge in [-0.3, -0.25) is 4.79 Å². The number of nitrogens with zero attached hydrogens (tertiary/aromatic N) is 1. The molecule has 0 bridgehead atoms. The molecule has 1 amide bonds. The summed E-state index contributed by atoms with van der Waals surface area (Å²) >= 11 is 0. The third kappa shape index (κ3) is 4.59. The van der Waals surface area contributed by atoms with Gasteiger partial charge in [-0.25, -0.2) is 4.79 Å². The number of rotatable bonds is 4. The normalized spacial score (nSPS) is 16.3. The van der Waals surface area contributed by atoms with Gasteiger partial charge in [0.2, 0.25) is 0 Å².